The molecule has 0 saturated heterocycles. The van der Waals surface area contributed by atoms with E-state index in [1.807, 2.05) is 31.2 Å². The standard InChI is InChI=1S/C24H27NO4/c1-12-8-17-16(6-7-18(26)22(17)20(9-12)28-4)23-19(27)11-15-10-13(2)25-14(3)21(15)24(23)29-5/h6-9,11,13-14,25-27H,10H2,1-5H3/t13-,14-/m1/s1. The van der Waals surface area contributed by atoms with Crippen LogP contribution in [0.2, 0.25) is 0 Å². The summed E-state index contributed by atoms with van der Waals surface area (Å²) in [6.45, 7) is 6.23. The highest BCUT2D eigenvalue weighted by Gasteiger charge is 2.29. The molecule has 0 saturated carbocycles. The van der Waals surface area contributed by atoms with Crippen molar-refractivity contribution in [3.63, 3.8) is 0 Å². The van der Waals surface area contributed by atoms with Gasteiger partial charge in [0.2, 0.25) is 0 Å². The first kappa shape index (κ1) is 19.4. The fourth-order valence-corrected chi connectivity index (χ4v) is 4.67. The molecule has 0 unspecified atom stereocenters. The smallest absolute Gasteiger partial charge is 0.135 e. The summed E-state index contributed by atoms with van der Waals surface area (Å²) in [6.07, 6.45) is 0.827. The Morgan fingerprint density at radius 3 is 2.45 bits per heavy atom. The van der Waals surface area contributed by atoms with Crippen LogP contribution in [0.4, 0.5) is 0 Å². The van der Waals surface area contributed by atoms with E-state index in [2.05, 4.69) is 19.2 Å². The Balaban J connectivity index is 2.09. The Morgan fingerprint density at radius 2 is 1.76 bits per heavy atom. The molecule has 3 N–H and O–H groups in total. The Labute approximate surface area is 170 Å². The van der Waals surface area contributed by atoms with Gasteiger partial charge in [0.05, 0.1) is 25.2 Å². The van der Waals surface area contributed by atoms with E-state index in [1.165, 1.54) is 0 Å². The monoisotopic (exact) mass is 393 g/mol. The molecular weight excluding hydrogens is 366 g/mol. The first-order valence-electron chi connectivity index (χ1n) is 9.85. The third-order valence-electron chi connectivity index (χ3n) is 5.77. The molecule has 0 radical (unpaired) electrons. The van der Waals surface area contributed by atoms with E-state index >= 15 is 0 Å². The van der Waals surface area contributed by atoms with E-state index < -0.39 is 0 Å². The lowest BCUT2D eigenvalue weighted by Gasteiger charge is -2.32. The molecule has 0 aromatic heterocycles. The molecule has 3 aromatic carbocycles. The molecule has 152 valence electrons. The predicted octanol–water partition coefficient (Wildman–Crippen LogP) is 4.84. The number of hydrogen-bond acceptors (Lipinski definition) is 5. The summed E-state index contributed by atoms with van der Waals surface area (Å²) < 4.78 is 11.4. The van der Waals surface area contributed by atoms with Gasteiger partial charge in [-0.15, -0.1) is 0 Å². The Morgan fingerprint density at radius 1 is 1.00 bits per heavy atom. The van der Waals surface area contributed by atoms with Gasteiger partial charge in [-0.05, 0) is 73.5 Å². The van der Waals surface area contributed by atoms with Crippen LogP contribution in [0, 0.1) is 6.92 Å². The molecule has 2 atom stereocenters. The molecule has 0 fully saturated rings. The van der Waals surface area contributed by atoms with Gasteiger partial charge in [-0.3, -0.25) is 0 Å². The molecule has 29 heavy (non-hydrogen) atoms. The third-order valence-corrected chi connectivity index (χ3v) is 5.77. The van der Waals surface area contributed by atoms with Crippen molar-refractivity contribution in [3.05, 3.63) is 47.0 Å². The minimum absolute atomic E-state index is 0.0997. The van der Waals surface area contributed by atoms with Crippen LogP contribution in [-0.4, -0.2) is 30.5 Å². The number of aryl methyl sites for hydroxylation is 1. The number of hydrogen-bond donors (Lipinski definition) is 3. The average Bonchev–Trinajstić information content (AvgIpc) is 2.66. The number of fused-ring (bicyclic) bond motifs is 2. The number of benzene rings is 3. The molecule has 3 aromatic rings. The van der Waals surface area contributed by atoms with Gasteiger partial charge in [-0.2, -0.15) is 0 Å². The predicted molar refractivity (Wildman–Crippen MR) is 115 cm³/mol. The van der Waals surface area contributed by atoms with E-state index in [4.69, 9.17) is 9.47 Å². The van der Waals surface area contributed by atoms with Crippen molar-refractivity contribution in [2.75, 3.05) is 14.2 Å². The summed E-state index contributed by atoms with van der Waals surface area (Å²) in [5, 5.41) is 26.5. The molecule has 1 aliphatic rings. The second kappa shape index (κ2) is 7.16. The van der Waals surface area contributed by atoms with Crippen LogP contribution in [0.15, 0.2) is 30.3 Å². The highest BCUT2D eigenvalue weighted by atomic mass is 16.5. The summed E-state index contributed by atoms with van der Waals surface area (Å²) in [6, 6.07) is 9.63. The number of ether oxygens (including phenoxy) is 2. The number of phenols is 2. The molecule has 0 aliphatic carbocycles. The Kier molecular flexibility index (Phi) is 4.79. The number of aromatic hydroxyl groups is 2. The maximum absolute atomic E-state index is 11.0. The van der Waals surface area contributed by atoms with Crippen molar-refractivity contribution in [2.24, 2.45) is 0 Å². The first-order valence-corrected chi connectivity index (χ1v) is 9.85. The fraction of sp³-hybridized carbons (Fsp3) is 0.333. The zero-order chi connectivity index (χ0) is 20.9. The van der Waals surface area contributed by atoms with Crippen LogP contribution in [0.25, 0.3) is 21.9 Å². The van der Waals surface area contributed by atoms with E-state index in [9.17, 15) is 10.2 Å². The molecule has 0 amide bonds. The molecule has 4 rings (SSSR count). The van der Waals surface area contributed by atoms with Crippen LogP contribution in [-0.2, 0) is 6.42 Å². The number of rotatable bonds is 3. The Hall–Kier alpha value is -2.92. The van der Waals surface area contributed by atoms with Gasteiger partial charge < -0.3 is 25.0 Å². The summed E-state index contributed by atoms with van der Waals surface area (Å²) in [5.74, 6) is 1.58. The van der Waals surface area contributed by atoms with Gasteiger partial charge in [0, 0.05) is 17.6 Å². The van der Waals surface area contributed by atoms with Crippen molar-refractivity contribution in [1.29, 1.82) is 0 Å². The SMILES string of the molecule is COc1c(-c2ccc(O)c3c(OC)cc(C)cc23)c(O)cc2c1[C@@H](C)N[C@H](C)C2. The maximum atomic E-state index is 11.0. The summed E-state index contributed by atoms with van der Waals surface area (Å²) >= 11 is 0. The van der Waals surface area contributed by atoms with Crippen LogP contribution in [0.3, 0.4) is 0 Å². The lowest BCUT2D eigenvalue weighted by molar-refractivity contribution is 0.378. The van der Waals surface area contributed by atoms with E-state index in [1.54, 1.807) is 20.3 Å². The normalized spacial score (nSPS) is 18.5. The molecule has 1 heterocycles. The summed E-state index contributed by atoms with van der Waals surface area (Å²) in [7, 11) is 3.23. The largest absolute Gasteiger partial charge is 0.507 e. The minimum Gasteiger partial charge on any atom is -0.507 e. The fourth-order valence-electron chi connectivity index (χ4n) is 4.67. The topological polar surface area (TPSA) is 71.0 Å². The van der Waals surface area contributed by atoms with Crippen molar-refractivity contribution < 1.29 is 19.7 Å². The second-order valence-corrected chi connectivity index (χ2v) is 7.89. The van der Waals surface area contributed by atoms with Gasteiger partial charge in [0.15, 0.2) is 0 Å². The van der Waals surface area contributed by atoms with Crippen LogP contribution in [0.5, 0.6) is 23.0 Å². The third kappa shape index (κ3) is 3.06. The zero-order valence-electron chi connectivity index (χ0n) is 17.5. The van der Waals surface area contributed by atoms with E-state index in [0.29, 0.717) is 28.5 Å². The lowest BCUT2D eigenvalue weighted by Crippen LogP contribution is -2.36. The summed E-state index contributed by atoms with van der Waals surface area (Å²) in [5.41, 5.74) is 4.59. The van der Waals surface area contributed by atoms with Gasteiger partial charge in [-0.1, -0.05) is 6.07 Å². The van der Waals surface area contributed by atoms with Crippen molar-refractivity contribution in [1.82, 2.24) is 5.32 Å². The second-order valence-electron chi connectivity index (χ2n) is 7.89. The maximum Gasteiger partial charge on any atom is 0.135 e. The van der Waals surface area contributed by atoms with Gasteiger partial charge in [-0.25, -0.2) is 0 Å². The van der Waals surface area contributed by atoms with Crippen LogP contribution in [0.1, 0.15) is 36.6 Å². The van der Waals surface area contributed by atoms with Crippen LogP contribution < -0.4 is 14.8 Å². The zero-order valence-corrected chi connectivity index (χ0v) is 17.5. The van der Waals surface area contributed by atoms with Crippen molar-refractivity contribution in [3.8, 4) is 34.1 Å². The highest BCUT2D eigenvalue weighted by Crippen LogP contribution is 2.49. The number of phenolic OH excluding ortho intramolecular Hbond substituents is 2. The molecule has 0 spiro atoms. The molecule has 5 nitrogen and oxygen atoms in total. The number of methoxy groups -OCH3 is 2. The first-order chi connectivity index (χ1) is 13.8. The van der Waals surface area contributed by atoms with Gasteiger partial charge in [0.25, 0.3) is 0 Å². The van der Waals surface area contributed by atoms with E-state index in [-0.39, 0.29) is 17.5 Å². The van der Waals surface area contributed by atoms with E-state index in [0.717, 1.165) is 34.1 Å². The minimum atomic E-state index is 0.0997. The van der Waals surface area contributed by atoms with Gasteiger partial charge in [0.1, 0.15) is 23.0 Å². The summed E-state index contributed by atoms with van der Waals surface area (Å²) in [4.78, 5) is 0. The van der Waals surface area contributed by atoms with Crippen molar-refractivity contribution in [2.45, 2.75) is 39.3 Å². The molecule has 1 aliphatic heterocycles. The molecule has 5 heteroatoms. The van der Waals surface area contributed by atoms with Gasteiger partial charge >= 0.3 is 0 Å². The highest BCUT2D eigenvalue weighted by molar-refractivity contribution is 6.05. The average molecular weight is 393 g/mol. The molecule has 0 bridgehead atoms. The Bertz CT molecular complexity index is 1110. The molecular formula is C24H27NO4. The van der Waals surface area contributed by atoms with Crippen LogP contribution >= 0.6 is 0 Å². The lowest BCUT2D eigenvalue weighted by atomic mass is 9.85. The quantitative estimate of drug-likeness (QED) is 0.594. The number of nitrogens with one attached hydrogen (secondary N) is 1. The van der Waals surface area contributed by atoms with Crippen molar-refractivity contribution >= 4 is 10.8 Å².